The number of aromatic nitrogens is 2. The van der Waals surface area contributed by atoms with E-state index in [0.29, 0.717) is 6.54 Å². The highest BCUT2D eigenvalue weighted by Crippen LogP contribution is 2.29. The summed E-state index contributed by atoms with van der Waals surface area (Å²) < 4.78 is 0. The predicted octanol–water partition coefficient (Wildman–Crippen LogP) is 1.94. The van der Waals surface area contributed by atoms with Gasteiger partial charge in [0, 0.05) is 13.6 Å². The van der Waals surface area contributed by atoms with Gasteiger partial charge in [-0.1, -0.05) is 0 Å². The highest BCUT2D eigenvalue weighted by Gasteiger charge is 2.25. The third kappa shape index (κ3) is 3.05. The molecule has 0 fully saturated rings. The molecule has 0 saturated heterocycles. The molecular weight excluding hydrogens is 258 g/mol. The number of nitrogens with zero attached hydrogens (tertiary/aromatic N) is 5. The molecule has 1 unspecified atom stereocenters. The van der Waals surface area contributed by atoms with E-state index in [4.69, 9.17) is 16.9 Å². The van der Waals surface area contributed by atoms with Crippen LogP contribution in [0.2, 0.25) is 5.28 Å². The van der Waals surface area contributed by atoms with E-state index in [-0.39, 0.29) is 28.4 Å². The van der Waals surface area contributed by atoms with Gasteiger partial charge in [0.1, 0.15) is 5.69 Å². The Bertz CT molecular complexity index is 514. The zero-order valence-corrected chi connectivity index (χ0v) is 11.0. The fraction of sp³-hybridized carbons (Fsp3) is 0.500. The average molecular weight is 270 g/mol. The van der Waals surface area contributed by atoms with Crippen molar-refractivity contribution in [3.8, 4) is 6.07 Å². The summed E-state index contributed by atoms with van der Waals surface area (Å²) in [5.74, 6) is -0.150. The molecule has 0 amide bonds. The molecule has 0 bridgehead atoms. The zero-order valence-electron chi connectivity index (χ0n) is 10.2. The van der Waals surface area contributed by atoms with Crippen molar-refractivity contribution in [1.82, 2.24) is 9.97 Å². The second-order valence-corrected chi connectivity index (χ2v) is 4.26. The monoisotopic (exact) mass is 269 g/mol. The fourth-order valence-corrected chi connectivity index (χ4v) is 1.74. The Labute approximate surface area is 109 Å². The number of aryl methyl sites for hydroxylation is 1. The first kappa shape index (κ1) is 14.1. The van der Waals surface area contributed by atoms with Crippen LogP contribution in [0.1, 0.15) is 12.6 Å². The molecule has 18 heavy (non-hydrogen) atoms. The van der Waals surface area contributed by atoms with Gasteiger partial charge in [0.2, 0.25) is 11.1 Å². The molecule has 1 heterocycles. The average Bonchev–Trinajstić information content (AvgIpc) is 2.26. The van der Waals surface area contributed by atoms with Crippen LogP contribution in [-0.4, -0.2) is 28.5 Å². The number of hydrogen-bond donors (Lipinski definition) is 0. The molecule has 0 saturated carbocycles. The van der Waals surface area contributed by atoms with Gasteiger partial charge in [0.25, 0.3) is 0 Å². The molecule has 1 aromatic rings. The van der Waals surface area contributed by atoms with Crippen LogP contribution in [-0.2, 0) is 0 Å². The van der Waals surface area contributed by atoms with E-state index >= 15 is 0 Å². The van der Waals surface area contributed by atoms with E-state index in [9.17, 15) is 10.1 Å². The van der Waals surface area contributed by atoms with E-state index in [1.807, 2.05) is 0 Å². The van der Waals surface area contributed by atoms with Crippen LogP contribution in [0.3, 0.4) is 0 Å². The van der Waals surface area contributed by atoms with Gasteiger partial charge in [-0.2, -0.15) is 10.2 Å². The Hall–Kier alpha value is -1.94. The topological polar surface area (TPSA) is 96.0 Å². The van der Waals surface area contributed by atoms with Crippen molar-refractivity contribution in [3.05, 3.63) is 21.1 Å². The van der Waals surface area contributed by atoms with Crippen molar-refractivity contribution in [3.63, 3.8) is 0 Å². The molecule has 8 heteroatoms. The molecule has 7 nitrogen and oxygen atoms in total. The normalized spacial score (nSPS) is 11.7. The minimum Gasteiger partial charge on any atom is -0.353 e. The van der Waals surface area contributed by atoms with E-state index in [1.54, 1.807) is 14.0 Å². The molecule has 0 aliphatic heterocycles. The number of halogens is 1. The van der Waals surface area contributed by atoms with E-state index < -0.39 is 4.92 Å². The van der Waals surface area contributed by atoms with Crippen LogP contribution in [0, 0.1) is 34.3 Å². The number of anilines is 1. The number of nitro groups is 1. The van der Waals surface area contributed by atoms with Gasteiger partial charge in [0.15, 0.2) is 0 Å². The van der Waals surface area contributed by atoms with Crippen molar-refractivity contribution in [1.29, 1.82) is 5.26 Å². The van der Waals surface area contributed by atoms with Gasteiger partial charge in [-0.15, -0.1) is 0 Å². The van der Waals surface area contributed by atoms with Crippen molar-refractivity contribution >= 4 is 23.1 Å². The summed E-state index contributed by atoms with van der Waals surface area (Å²) in [6, 6.07) is 2.06. The lowest BCUT2D eigenvalue weighted by atomic mass is 10.2. The first-order valence-electron chi connectivity index (χ1n) is 5.16. The minimum absolute atomic E-state index is 0.0513. The van der Waals surface area contributed by atoms with Crippen LogP contribution >= 0.6 is 11.6 Å². The van der Waals surface area contributed by atoms with Gasteiger partial charge >= 0.3 is 5.69 Å². The number of rotatable bonds is 4. The van der Waals surface area contributed by atoms with Crippen molar-refractivity contribution in [2.75, 3.05) is 18.5 Å². The third-order valence-electron chi connectivity index (χ3n) is 2.32. The second-order valence-electron chi connectivity index (χ2n) is 3.92. The maximum atomic E-state index is 11.0. The van der Waals surface area contributed by atoms with Crippen molar-refractivity contribution in [2.24, 2.45) is 5.92 Å². The van der Waals surface area contributed by atoms with Crippen LogP contribution in [0.4, 0.5) is 11.5 Å². The fourth-order valence-electron chi connectivity index (χ4n) is 1.54. The molecular formula is C10H12ClN5O2. The Balaban J connectivity index is 3.22. The zero-order chi connectivity index (χ0) is 13.9. The first-order chi connectivity index (χ1) is 8.36. The maximum Gasteiger partial charge on any atom is 0.332 e. The molecule has 1 atom stereocenters. The van der Waals surface area contributed by atoms with Crippen molar-refractivity contribution < 1.29 is 4.92 Å². The van der Waals surface area contributed by atoms with E-state index in [1.165, 1.54) is 11.8 Å². The highest BCUT2D eigenvalue weighted by molar-refractivity contribution is 6.28. The van der Waals surface area contributed by atoms with Gasteiger partial charge in [-0.25, -0.2) is 4.98 Å². The molecule has 96 valence electrons. The molecule has 1 aromatic heterocycles. The van der Waals surface area contributed by atoms with Crippen LogP contribution in [0.5, 0.6) is 0 Å². The summed E-state index contributed by atoms with van der Waals surface area (Å²) in [4.78, 5) is 19.6. The number of nitriles is 1. The quantitative estimate of drug-likeness (QED) is 0.471. The van der Waals surface area contributed by atoms with Crippen LogP contribution in [0.15, 0.2) is 0 Å². The Kier molecular flexibility index (Phi) is 4.39. The molecule has 0 aromatic carbocycles. The van der Waals surface area contributed by atoms with Gasteiger partial charge < -0.3 is 4.90 Å². The lowest BCUT2D eigenvalue weighted by Crippen LogP contribution is -2.25. The summed E-state index contributed by atoms with van der Waals surface area (Å²) >= 11 is 5.70. The Morgan fingerprint density at radius 2 is 2.22 bits per heavy atom. The largest absolute Gasteiger partial charge is 0.353 e. The van der Waals surface area contributed by atoms with Gasteiger partial charge in [-0.3, -0.25) is 10.1 Å². The molecule has 1 rings (SSSR count). The Morgan fingerprint density at radius 1 is 1.61 bits per heavy atom. The predicted molar refractivity (Wildman–Crippen MR) is 66.5 cm³/mol. The first-order valence-corrected chi connectivity index (χ1v) is 5.54. The van der Waals surface area contributed by atoms with Crippen LogP contribution < -0.4 is 4.90 Å². The summed E-state index contributed by atoms with van der Waals surface area (Å²) in [6.07, 6.45) is 0. The van der Waals surface area contributed by atoms with E-state index in [2.05, 4.69) is 16.0 Å². The minimum atomic E-state index is -0.547. The maximum absolute atomic E-state index is 11.0. The third-order valence-corrected chi connectivity index (χ3v) is 2.49. The lowest BCUT2D eigenvalue weighted by Gasteiger charge is -2.19. The highest BCUT2D eigenvalue weighted by atomic mass is 35.5. The van der Waals surface area contributed by atoms with E-state index in [0.717, 1.165) is 0 Å². The van der Waals surface area contributed by atoms with Crippen LogP contribution in [0.25, 0.3) is 0 Å². The summed E-state index contributed by atoms with van der Waals surface area (Å²) in [6.45, 7) is 3.54. The molecule has 0 spiro atoms. The molecule has 0 radical (unpaired) electrons. The van der Waals surface area contributed by atoms with Gasteiger partial charge in [-0.05, 0) is 25.4 Å². The lowest BCUT2D eigenvalue weighted by molar-refractivity contribution is -0.385. The smallest absolute Gasteiger partial charge is 0.332 e. The second kappa shape index (κ2) is 5.60. The standard InChI is InChI=1S/C10H12ClN5O2/c1-6(4-12)5-15(3)9-8(16(17)18)7(2)13-10(11)14-9/h6H,5H2,1-3H3. The molecule has 0 N–H and O–H groups in total. The summed E-state index contributed by atoms with van der Waals surface area (Å²) in [7, 11) is 1.62. The van der Waals surface area contributed by atoms with Crippen molar-refractivity contribution in [2.45, 2.75) is 13.8 Å². The SMILES string of the molecule is Cc1nc(Cl)nc(N(C)CC(C)C#N)c1[N+](=O)[O-]. The van der Waals surface area contributed by atoms with Gasteiger partial charge in [0.05, 0.1) is 16.9 Å². The molecule has 0 aliphatic rings. The summed E-state index contributed by atoms with van der Waals surface area (Å²) in [5, 5.41) is 19.7. The molecule has 0 aliphatic carbocycles. The Morgan fingerprint density at radius 3 is 2.72 bits per heavy atom. The summed E-state index contributed by atoms with van der Waals surface area (Å²) in [5.41, 5.74) is 0.0125. The number of hydrogen-bond acceptors (Lipinski definition) is 6.